The monoisotopic (exact) mass is 436 g/mol. The van der Waals surface area contributed by atoms with Crippen molar-refractivity contribution in [1.29, 1.82) is 0 Å². The highest BCUT2D eigenvalue weighted by Crippen LogP contribution is 2.27. The van der Waals surface area contributed by atoms with Gasteiger partial charge in [0, 0.05) is 17.5 Å². The number of nitrogen functional groups attached to an aromatic ring is 1. The molecule has 0 heterocycles. The molecule has 0 aliphatic heterocycles. The smallest absolute Gasteiger partial charge is 0.206 e. The van der Waals surface area contributed by atoms with Crippen LogP contribution in [-0.4, -0.2) is 15.0 Å². The fourth-order valence-corrected chi connectivity index (χ4v) is 3.93. The van der Waals surface area contributed by atoms with Crippen LogP contribution >= 0.6 is 0 Å². The van der Waals surface area contributed by atoms with Gasteiger partial charge in [0.1, 0.15) is 23.9 Å². The summed E-state index contributed by atoms with van der Waals surface area (Å²) in [6.45, 7) is 2.15. The summed E-state index contributed by atoms with van der Waals surface area (Å²) in [6.07, 6.45) is 5.38. The van der Waals surface area contributed by atoms with Gasteiger partial charge >= 0.3 is 0 Å². The van der Waals surface area contributed by atoms with E-state index in [4.69, 9.17) is 20.9 Å². The van der Waals surface area contributed by atoms with Crippen LogP contribution in [0.15, 0.2) is 107 Å². The third-order valence-electron chi connectivity index (χ3n) is 4.20. The maximum absolute atomic E-state index is 12.9. The summed E-state index contributed by atoms with van der Waals surface area (Å²) in [4.78, 5) is 0.356. The zero-order chi connectivity index (χ0) is 22.3. The lowest BCUT2D eigenvalue weighted by atomic mass is 10.3. The van der Waals surface area contributed by atoms with Crippen molar-refractivity contribution in [2.75, 3.05) is 12.3 Å². The van der Waals surface area contributed by atoms with E-state index in [1.54, 1.807) is 67.6 Å². The predicted molar refractivity (Wildman–Crippen MR) is 122 cm³/mol. The molecule has 7 heteroatoms. The van der Waals surface area contributed by atoms with Crippen molar-refractivity contribution in [1.82, 2.24) is 0 Å². The van der Waals surface area contributed by atoms with E-state index in [9.17, 15) is 8.42 Å². The molecule has 0 amide bonds. The summed E-state index contributed by atoms with van der Waals surface area (Å²) >= 11 is 0. The van der Waals surface area contributed by atoms with Crippen LogP contribution in [0.4, 0.5) is 5.69 Å². The summed E-state index contributed by atoms with van der Waals surface area (Å²) in [5.41, 5.74) is 12.6. The van der Waals surface area contributed by atoms with E-state index in [0.717, 1.165) is 0 Å². The predicted octanol–water partition coefficient (Wildman–Crippen LogP) is 4.69. The SMILES string of the molecule is C/C(N)=C\C=C/COc1ccc(S(=O)(=O)c2ccc(Oc3cccc(N)c3)cc2)cc1. The van der Waals surface area contributed by atoms with Gasteiger partial charge in [-0.3, -0.25) is 0 Å². The van der Waals surface area contributed by atoms with Gasteiger partial charge in [0.15, 0.2) is 0 Å². The number of rotatable bonds is 8. The van der Waals surface area contributed by atoms with Crippen molar-refractivity contribution in [3.05, 3.63) is 96.7 Å². The number of allylic oxidation sites excluding steroid dienone is 3. The molecule has 0 radical (unpaired) electrons. The van der Waals surface area contributed by atoms with Crippen LogP contribution in [0.3, 0.4) is 0 Å². The Bertz CT molecular complexity index is 1180. The van der Waals surface area contributed by atoms with E-state index in [1.165, 1.54) is 24.3 Å². The Morgan fingerprint density at radius 1 is 0.903 bits per heavy atom. The molecular weight excluding hydrogens is 412 g/mol. The van der Waals surface area contributed by atoms with Crippen LogP contribution in [-0.2, 0) is 9.84 Å². The van der Waals surface area contributed by atoms with Gasteiger partial charge in [0.25, 0.3) is 0 Å². The number of anilines is 1. The summed E-state index contributed by atoms with van der Waals surface area (Å²) in [5.74, 6) is 1.67. The van der Waals surface area contributed by atoms with Gasteiger partial charge < -0.3 is 20.9 Å². The van der Waals surface area contributed by atoms with Crippen LogP contribution in [0, 0.1) is 0 Å². The quantitative estimate of drug-likeness (QED) is 0.392. The Morgan fingerprint density at radius 3 is 2.10 bits per heavy atom. The van der Waals surface area contributed by atoms with Crippen LogP contribution in [0.5, 0.6) is 17.2 Å². The molecule has 160 valence electrons. The van der Waals surface area contributed by atoms with Gasteiger partial charge in [0.05, 0.1) is 9.79 Å². The average molecular weight is 437 g/mol. The summed E-state index contributed by atoms with van der Waals surface area (Å²) in [7, 11) is -3.66. The number of nitrogens with two attached hydrogens (primary N) is 2. The van der Waals surface area contributed by atoms with Gasteiger partial charge in [-0.25, -0.2) is 8.42 Å². The average Bonchev–Trinajstić information content (AvgIpc) is 2.74. The van der Waals surface area contributed by atoms with Crippen LogP contribution in [0.1, 0.15) is 6.92 Å². The number of benzene rings is 3. The van der Waals surface area contributed by atoms with Crippen LogP contribution < -0.4 is 20.9 Å². The normalized spacial score (nSPS) is 12.1. The molecule has 6 nitrogen and oxygen atoms in total. The Labute approximate surface area is 182 Å². The first kappa shape index (κ1) is 22.0. The van der Waals surface area contributed by atoms with E-state index in [-0.39, 0.29) is 9.79 Å². The highest BCUT2D eigenvalue weighted by atomic mass is 32.2. The maximum atomic E-state index is 12.9. The van der Waals surface area contributed by atoms with Crippen molar-refractivity contribution in [2.24, 2.45) is 5.73 Å². The van der Waals surface area contributed by atoms with Gasteiger partial charge in [0.2, 0.25) is 9.84 Å². The molecule has 0 atom stereocenters. The Kier molecular flexibility index (Phi) is 6.99. The molecule has 0 saturated heterocycles. The molecule has 0 unspecified atom stereocenters. The molecule has 0 saturated carbocycles. The van der Waals surface area contributed by atoms with Gasteiger partial charge in [-0.1, -0.05) is 12.1 Å². The maximum Gasteiger partial charge on any atom is 0.206 e. The standard InChI is InChI=1S/C24H24N2O4S/c1-18(25)5-2-3-16-29-20-8-12-23(13-9-20)31(27,28)24-14-10-21(11-15-24)30-22-7-4-6-19(26)17-22/h2-15,17H,16,25-26H2,1H3/b3-2-,18-5+. The van der Waals surface area contributed by atoms with E-state index < -0.39 is 9.84 Å². The first-order chi connectivity index (χ1) is 14.8. The molecule has 0 spiro atoms. The molecule has 3 aromatic rings. The lowest BCUT2D eigenvalue weighted by Gasteiger charge is -2.09. The third kappa shape index (κ3) is 6.13. The first-order valence-corrected chi connectivity index (χ1v) is 11.0. The number of hydrogen-bond acceptors (Lipinski definition) is 6. The van der Waals surface area contributed by atoms with Crippen molar-refractivity contribution >= 4 is 15.5 Å². The number of hydrogen-bond donors (Lipinski definition) is 2. The van der Waals surface area contributed by atoms with E-state index in [2.05, 4.69) is 0 Å². The fraction of sp³-hybridized carbons (Fsp3) is 0.0833. The van der Waals surface area contributed by atoms with Gasteiger partial charge in [-0.2, -0.15) is 0 Å². The number of sulfone groups is 1. The number of ether oxygens (including phenoxy) is 2. The molecule has 4 N–H and O–H groups in total. The van der Waals surface area contributed by atoms with Gasteiger partial charge in [-0.05, 0) is 79.7 Å². The minimum atomic E-state index is -3.66. The Morgan fingerprint density at radius 2 is 1.52 bits per heavy atom. The lowest BCUT2D eigenvalue weighted by Crippen LogP contribution is -2.02. The summed E-state index contributed by atoms with van der Waals surface area (Å²) in [6, 6.07) is 19.6. The molecule has 3 aromatic carbocycles. The molecule has 0 aromatic heterocycles. The second-order valence-electron chi connectivity index (χ2n) is 6.77. The molecule has 3 rings (SSSR count). The van der Waals surface area contributed by atoms with Crippen molar-refractivity contribution in [3.8, 4) is 17.2 Å². The summed E-state index contributed by atoms with van der Waals surface area (Å²) in [5, 5.41) is 0. The molecule has 0 fully saturated rings. The highest BCUT2D eigenvalue weighted by molar-refractivity contribution is 7.91. The highest BCUT2D eigenvalue weighted by Gasteiger charge is 2.17. The molecule has 0 aliphatic rings. The summed E-state index contributed by atoms with van der Waals surface area (Å²) < 4.78 is 37.1. The zero-order valence-corrected chi connectivity index (χ0v) is 17.9. The lowest BCUT2D eigenvalue weighted by molar-refractivity contribution is 0.362. The molecule has 0 bridgehead atoms. The Hall–Kier alpha value is -3.71. The fourth-order valence-electron chi connectivity index (χ4n) is 2.67. The molecule has 31 heavy (non-hydrogen) atoms. The minimum Gasteiger partial charge on any atom is -0.490 e. The van der Waals surface area contributed by atoms with Gasteiger partial charge in [-0.15, -0.1) is 0 Å². The first-order valence-electron chi connectivity index (χ1n) is 9.55. The van der Waals surface area contributed by atoms with E-state index >= 15 is 0 Å². The van der Waals surface area contributed by atoms with Crippen molar-refractivity contribution < 1.29 is 17.9 Å². The molecular formula is C24H24N2O4S. The van der Waals surface area contributed by atoms with E-state index in [0.29, 0.717) is 35.2 Å². The molecule has 0 aliphatic carbocycles. The largest absolute Gasteiger partial charge is 0.490 e. The van der Waals surface area contributed by atoms with Crippen LogP contribution in [0.2, 0.25) is 0 Å². The Balaban J connectivity index is 1.66. The zero-order valence-electron chi connectivity index (χ0n) is 17.1. The van der Waals surface area contributed by atoms with E-state index in [1.807, 2.05) is 6.08 Å². The van der Waals surface area contributed by atoms with Crippen molar-refractivity contribution in [2.45, 2.75) is 16.7 Å². The third-order valence-corrected chi connectivity index (χ3v) is 5.99. The van der Waals surface area contributed by atoms with Crippen molar-refractivity contribution in [3.63, 3.8) is 0 Å². The topological polar surface area (TPSA) is 105 Å². The minimum absolute atomic E-state index is 0.174. The van der Waals surface area contributed by atoms with Crippen LogP contribution in [0.25, 0.3) is 0 Å². The second-order valence-corrected chi connectivity index (χ2v) is 8.72. The second kappa shape index (κ2) is 9.86.